The van der Waals surface area contributed by atoms with E-state index >= 15 is 0 Å². The molecule has 3 aromatic rings. The largest absolute Gasteiger partial charge is 0.329 e. The standard InChI is InChI=1S/C22H27N7OS/c1-14-11-19(27-22-25-15(2)16(3)31-22)26-21(24-14)18-7-5-6-10-29(18)20(30)9-8-17-12-23-28(4)13-17/h8-9,11-13,18H,5-7,10H2,1-4H3,(H,24,25,26,27)/b9-8+. The Morgan fingerprint density at radius 1 is 1.23 bits per heavy atom. The molecule has 162 valence electrons. The molecule has 8 nitrogen and oxygen atoms in total. The number of likely N-dealkylation sites (tertiary alicyclic amines) is 1. The SMILES string of the molecule is Cc1cc(Nc2nc(C)c(C)s2)nc(C2CCCCN2C(=O)/C=C/c2cnn(C)c2)n1. The van der Waals surface area contributed by atoms with Crippen molar-refractivity contribution in [3.05, 3.63) is 52.2 Å². The van der Waals surface area contributed by atoms with Gasteiger partial charge in [-0.2, -0.15) is 5.10 Å². The Morgan fingerprint density at radius 2 is 2.06 bits per heavy atom. The average Bonchev–Trinajstić information content (AvgIpc) is 3.30. The van der Waals surface area contributed by atoms with E-state index in [1.165, 1.54) is 4.88 Å². The van der Waals surface area contributed by atoms with Gasteiger partial charge in [0, 0.05) is 48.1 Å². The Hall–Kier alpha value is -3.07. The van der Waals surface area contributed by atoms with Crippen LogP contribution in [0.4, 0.5) is 10.9 Å². The predicted octanol–water partition coefficient (Wildman–Crippen LogP) is 4.10. The van der Waals surface area contributed by atoms with E-state index in [9.17, 15) is 4.79 Å². The van der Waals surface area contributed by atoms with Crippen molar-refractivity contribution in [2.75, 3.05) is 11.9 Å². The fourth-order valence-corrected chi connectivity index (χ4v) is 4.52. The lowest BCUT2D eigenvalue weighted by Crippen LogP contribution is -2.38. The molecule has 0 spiro atoms. The van der Waals surface area contributed by atoms with Crippen molar-refractivity contribution < 1.29 is 4.79 Å². The van der Waals surface area contributed by atoms with Gasteiger partial charge in [-0.3, -0.25) is 9.48 Å². The summed E-state index contributed by atoms with van der Waals surface area (Å²) in [6.45, 7) is 6.70. The van der Waals surface area contributed by atoms with Crippen molar-refractivity contribution in [3.63, 3.8) is 0 Å². The molecule has 0 radical (unpaired) electrons. The quantitative estimate of drug-likeness (QED) is 0.605. The fraction of sp³-hybridized carbons (Fsp3) is 0.409. The van der Waals surface area contributed by atoms with E-state index in [0.717, 1.165) is 41.3 Å². The average molecular weight is 438 g/mol. The number of piperidine rings is 1. The lowest BCUT2D eigenvalue weighted by atomic mass is 10.0. The summed E-state index contributed by atoms with van der Waals surface area (Å²) < 4.78 is 1.72. The summed E-state index contributed by atoms with van der Waals surface area (Å²) in [4.78, 5) is 30.0. The van der Waals surface area contributed by atoms with E-state index in [1.807, 2.05) is 38.1 Å². The van der Waals surface area contributed by atoms with Gasteiger partial charge in [-0.25, -0.2) is 15.0 Å². The molecular weight excluding hydrogens is 410 g/mol. The molecule has 1 fully saturated rings. The smallest absolute Gasteiger partial charge is 0.247 e. The highest BCUT2D eigenvalue weighted by Gasteiger charge is 2.29. The second kappa shape index (κ2) is 8.97. The van der Waals surface area contributed by atoms with Crippen molar-refractivity contribution >= 4 is 34.3 Å². The van der Waals surface area contributed by atoms with Crippen LogP contribution in [0.25, 0.3) is 6.08 Å². The van der Waals surface area contributed by atoms with Crippen LogP contribution in [-0.4, -0.2) is 42.1 Å². The number of carbonyl (C=O) groups excluding carboxylic acids is 1. The maximum Gasteiger partial charge on any atom is 0.247 e. The third kappa shape index (κ3) is 4.99. The zero-order chi connectivity index (χ0) is 22.0. The zero-order valence-electron chi connectivity index (χ0n) is 18.3. The van der Waals surface area contributed by atoms with Crippen LogP contribution in [0, 0.1) is 20.8 Å². The molecule has 4 rings (SSSR count). The normalized spacial score (nSPS) is 16.8. The second-order valence-electron chi connectivity index (χ2n) is 7.86. The van der Waals surface area contributed by atoms with E-state index in [1.54, 1.807) is 34.4 Å². The molecule has 4 heterocycles. The number of carbonyl (C=O) groups is 1. The number of amides is 1. The number of aromatic nitrogens is 5. The summed E-state index contributed by atoms with van der Waals surface area (Å²) in [5.74, 6) is 1.36. The van der Waals surface area contributed by atoms with Crippen molar-refractivity contribution in [3.8, 4) is 0 Å². The van der Waals surface area contributed by atoms with Crippen LogP contribution in [0.1, 0.15) is 53.0 Å². The zero-order valence-corrected chi connectivity index (χ0v) is 19.1. The summed E-state index contributed by atoms with van der Waals surface area (Å²) in [5, 5.41) is 8.26. The molecule has 31 heavy (non-hydrogen) atoms. The highest BCUT2D eigenvalue weighted by molar-refractivity contribution is 7.15. The highest BCUT2D eigenvalue weighted by Crippen LogP contribution is 2.31. The Bertz CT molecular complexity index is 1100. The number of nitrogens with zero attached hydrogens (tertiary/aromatic N) is 6. The lowest BCUT2D eigenvalue weighted by molar-refractivity contribution is -0.129. The number of anilines is 2. The van der Waals surface area contributed by atoms with Crippen LogP contribution in [0.15, 0.2) is 24.5 Å². The molecule has 1 atom stereocenters. The van der Waals surface area contributed by atoms with Gasteiger partial charge >= 0.3 is 0 Å². The summed E-state index contributed by atoms with van der Waals surface area (Å²) in [6, 6.07) is 1.77. The first-order valence-corrected chi connectivity index (χ1v) is 11.2. The van der Waals surface area contributed by atoms with Crippen LogP contribution in [0.5, 0.6) is 0 Å². The number of hydrogen-bond donors (Lipinski definition) is 1. The van der Waals surface area contributed by atoms with Gasteiger partial charge in [0.1, 0.15) is 5.82 Å². The minimum absolute atomic E-state index is 0.0284. The van der Waals surface area contributed by atoms with Gasteiger partial charge in [-0.1, -0.05) is 0 Å². The van der Waals surface area contributed by atoms with Crippen molar-refractivity contribution in [2.24, 2.45) is 7.05 Å². The minimum Gasteiger partial charge on any atom is -0.329 e. The molecule has 1 aliphatic rings. The molecule has 0 bridgehead atoms. The number of thiazole rings is 1. The van der Waals surface area contributed by atoms with E-state index in [0.29, 0.717) is 18.2 Å². The Labute approximate surface area is 186 Å². The van der Waals surface area contributed by atoms with E-state index in [4.69, 9.17) is 4.98 Å². The molecule has 0 aromatic carbocycles. The first kappa shape index (κ1) is 21.2. The lowest BCUT2D eigenvalue weighted by Gasteiger charge is -2.34. The molecule has 1 N–H and O–H groups in total. The van der Waals surface area contributed by atoms with Crippen molar-refractivity contribution in [2.45, 2.75) is 46.1 Å². The van der Waals surface area contributed by atoms with E-state index in [2.05, 4.69) is 27.3 Å². The van der Waals surface area contributed by atoms with Crippen LogP contribution in [-0.2, 0) is 11.8 Å². The Balaban J connectivity index is 1.56. The first-order chi connectivity index (χ1) is 14.9. The predicted molar refractivity (Wildman–Crippen MR) is 122 cm³/mol. The van der Waals surface area contributed by atoms with Gasteiger partial charge in [0.15, 0.2) is 11.0 Å². The summed E-state index contributed by atoms with van der Waals surface area (Å²) in [5.41, 5.74) is 2.78. The number of aryl methyl sites for hydroxylation is 4. The number of nitrogens with one attached hydrogen (secondary N) is 1. The highest BCUT2D eigenvalue weighted by atomic mass is 32.1. The summed E-state index contributed by atoms with van der Waals surface area (Å²) in [7, 11) is 1.86. The van der Waals surface area contributed by atoms with Gasteiger partial charge < -0.3 is 10.2 Å². The molecule has 1 unspecified atom stereocenters. The van der Waals surface area contributed by atoms with Crippen LogP contribution in [0.3, 0.4) is 0 Å². The maximum absolute atomic E-state index is 13.0. The summed E-state index contributed by atoms with van der Waals surface area (Å²) in [6.07, 6.45) is 9.92. The van der Waals surface area contributed by atoms with Crippen LogP contribution >= 0.6 is 11.3 Å². The van der Waals surface area contributed by atoms with Crippen LogP contribution < -0.4 is 5.32 Å². The van der Waals surface area contributed by atoms with Gasteiger partial charge in [0.25, 0.3) is 0 Å². The molecule has 1 aliphatic heterocycles. The topological polar surface area (TPSA) is 88.8 Å². The molecule has 9 heteroatoms. The Morgan fingerprint density at radius 3 is 2.77 bits per heavy atom. The minimum atomic E-state index is -0.139. The van der Waals surface area contributed by atoms with Gasteiger partial charge in [-0.05, 0) is 46.1 Å². The van der Waals surface area contributed by atoms with Gasteiger partial charge in [0.05, 0.1) is 17.9 Å². The second-order valence-corrected chi connectivity index (χ2v) is 9.07. The Kier molecular flexibility index (Phi) is 6.13. The number of rotatable bonds is 5. The van der Waals surface area contributed by atoms with Gasteiger partial charge in [0.2, 0.25) is 5.91 Å². The fourth-order valence-electron chi connectivity index (χ4n) is 3.69. The molecule has 1 saturated heterocycles. The number of hydrogen-bond acceptors (Lipinski definition) is 7. The molecule has 0 aliphatic carbocycles. The van der Waals surface area contributed by atoms with Crippen LogP contribution in [0.2, 0.25) is 0 Å². The molecule has 3 aromatic heterocycles. The van der Waals surface area contributed by atoms with Gasteiger partial charge in [-0.15, -0.1) is 11.3 Å². The van der Waals surface area contributed by atoms with Crippen molar-refractivity contribution in [1.82, 2.24) is 29.6 Å². The third-order valence-electron chi connectivity index (χ3n) is 5.36. The van der Waals surface area contributed by atoms with Crippen molar-refractivity contribution in [1.29, 1.82) is 0 Å². The molecule has 1 amide bonds. The molecule has 0 saturated carbocycles. The monoisotopic (exact) mass is 437 g/mol. The maximum atomic E-state index is 13.0. The van der Waals surface area contributed by atoms with E-state index < -0.39 is 0 Å². The summed E-state index contributed by atoms with van der Waals surface area (Å²) >= 11 is 1.61. The molecular formula is C22H27N7OS. The van der Waals surface area contributed by atoms with E-state index in [-0.39, 0.29) is 11.9 Å². The third-order valence-corrected chi connectivity index (χ3v) is 6.35. The first-order valence-electron chi connectivity index (χ1n) is 10.4.